The Bertz CT molecular complexity index is 717. The third-order valence-electron chi connectivity index (χ3n) is 4.08. The molecule has 1 aliphatic carbocycles. The fraction of sp³-hybridized carbons (Fsp3) is 0.333. The number of ether oxygens (including phenoxy) is 1. The first kappa shape index (κ1) is 17.9. The highest BCUT2D eigenvalue weighted by Gasteiger charge is 2.37. The Morgan fingerprint density at radius 3 is 2.40 bits per heavy atom. The normalized spacial score (nSPS) is 17.0. The molecule has 0 spiro atoms. The van der Waals surface area contributed by atoms with Gasteiger partial charge >= 0.3 is 6.36 Å². The van der Waals surface area contributed by atoms with Gasteiger partial charge in [-0.2, -0.15) is 0 Å². The van der Waals surface area contributed by atoms with Crippen LogP contribution < -0.4 is 10.1 Å². The molecule has 2 N–H and O–H groups in total. The molecule has 0 saturated heterocycles. The lowest BCUT2D eigenvalue weighted by Gasteiger charge is -2.26. The molecule has 0 aromatic heterocycles. The smallest absolute Gasteiger partial charge is 0.406 e. The zero-order valence-corrected chi connectivity index (χ0v) is 13.9. The molecule has 1 saturated carbocycles. The molecular formula is C18H17ClF3NO2. The van der Waals surface area contributed by atoms with Crippen molar-refractivity contribution >= 4 is 17.3 Å². The second-order valence-electron chi connectivity index (χ2n) is 6.08. The summed E-state index contributed by atoms with van der Waals surface area (Å²) in [4.78, 5) is 0. The van der Waals surface area contributed by atoms with Crippen LogP contribution in [0.5, 0.6) is 5.75 Å². The molecule has 0 aliphatic heterocycles. The fourth-order valence-corrected chi connectivity index (χ4v) is 2.88. The SMILES string of the molecule is OC(c1cccc(OC(F)(F)F)c1)C(Nc1ccc(Cl)cc1)C1CC1. The van der Waals surface area contributed by atoms with Crippen molar-refractivity contribution in [3.05, 3.63) is 59.1 Å². The number of nitrogens with one attached hydrogen (secondary N) is 1. The van der Waals surface area contributed by atoms with E-state index in [0.717, 1.165) is 18.5 Å². The van der Waals surface area contributed by atoms with Gasteiger partial charge in [-0.05, 0) is 60.7 Å². The molecule has 0 amide bonds. The van der Waals surface area contributed by atoms with E-state index in [1.165, 1.54) is 18.2 Å². The highest BCUT2D eigenvalue weighted by Crippen LogP contribution is 2.40. The highest BCUT2D eigenvalue weighted by atomic mass is 35.5. The summed E-state index contributed by atoms with van der Waals surface area (Å²) in [5, 5.41) is 14.6. The predicted molar refractivity (Wildman–Crippen MR) is 89.7 cm³/mol. The Balaban J connectivity index is 1.77. The van der Waals surface area contributed by atoms with Crippen LogP contribution >= 0.6 is 11.6 Å². The second kappa shape index (κ2) is 7.14. The van der Waals surface area contributed by atoms with Crippen LogP contribution in [0.2, 0.25) is 5.02 Å². The maximum absolute atomic E-state index is 12.4. The number of aliphatic hydroxyl groups is 1. The molecule has 0 radical (unpaired) electrons. The van der Waals surface area contributed by atoms with Crippen molar-refractivity contribution < 1.29 is 23.0 Å². The zero-order valence-electron chi connectivity index (χ0n) is 13.1. The van der Waals surface area contributed by atoms with Gasteiger partial charge in [-0.25, -0.2) is 0 Å². The lowest BCUT2D eigenvalue weighted by Crippen LogP contribution is -2.29. The Hall–Kier alpha value is -1.92. The van der Waals surface area contributed by atoms with Crippen LogP contribution in [0, 0.1) is 5.92 Å². The summed E-state index contributed by atoms with van der Waals surface area (Å²) in [5.74, 6) is -0.0806. The molecule has 2 unspecified atom stereocenters. The minimum absolute atomic E-state index is 0.262. The molecule has 3 rings (SSSR count). The van der Waals surface area contributed by atoms with Crippen molar-refractivity contribution in [3.63, 3.8) is 0 Å². The van der Waals surface area contributed by atoms with E-state index in [9.17, 15) is 18.3 Å². The maximum atomic E-state index is 12.4. The molecule has 3 nitrogen and oxygen atoms in total. The Kier molecular flexibility index (Phi) is 5.11. The van der Waals surface area contributed by atoms with Crippen LogP contribution in [0.25, 0.3) is 0 Å². The van der Waals surface area contributed by atoms with Crippen molar-refractivity contribution in [2.24, 2.45) is 5.92 Å². The molecule has 7 heteroatoms. The predicted octanol–water partition coefficient (Wildman–Crippen LogP) is 5.16. The average molecular weight is 372 g/mol. The number of hydrogen-bond acceptors (Lipinski definition) is 3. The number of alkyl halides is 3. The summed E-state index contributed by atoms with van der Waals surface area (Å²) in [6.07, 6.45) is -3.80. The van der Waals surface area contributed by atoms with Gasteiger partial charge in [0.1, 0.15) is 5.75 Å². The molecule has 1 aliphatic rings. The highest BCUT2D eigenvalue weighted by molar-refractivity contribution is 6.30. The molecule has 2 aromatic carbocycles. The van der Waals surface area contributed by atoms with Crippen molar-refractivity contribution in [3.8, 4) is 5.75 Å². The van der Waals surface area contributed by atoms with Gasteiger partial charge in [0, 0.05) is 10.7 Å². The Labute approximate surface area is 148 Å². The summed E-state index contributed by atoms with van der Waals surface area (Å²) in [6.45, 7) is 0. The van der Waals surface area contributed by atoms with Gasteiger partial charge in [0.25, 0.3) is 0 Å². The van der Waals surface area contributed by atoms with Crippen LogP contribution in [0.1, 0.15) is 24.5 Å². The quantitative estimate of drug-likeness (QED) is 0.736. The molecule has 2 atom stereocenters. The Morgan fingerprint density at radius 1 is 1.12 bits per heavy atom. The summed E-state index contributed by atoms with van der Waals surface area (Å²) in [6, 6.07) is 12.2. The lowest BCUT2D eigenvalue weighted by atomic mass is 9.98. The lowest BCUT2D eigenvalue weighted by molar-refractivity contribution is -0.274. The molecule has 2 aromatic rings. The standard InChI is InChI=1S/C18H17ClF3NO2/c19-13-6-8-14(9-7-13)23-16(11-4-5-11)17(24)12-2-1-3-15(10-12)25-18(20,21)22/h1-3,6-11,16-17,23-24H,4-5H2. The third-order valence-corrected chi connectivity index (χ3v) is 4.33. The summed E-state index contributed by atoms with van der Waals surface area (Å²) < 4.78 is 41.1. The molecular weight excluding hydrogens is 355 g/mol. The summed E-state index contributed by atoms with van der Waals surface area (Å²) in [5.41, 5.74) is 1.17. The van der Waals surface area contributed by atoms with E-state index in [-0.39, 0.29) is 17.7 Å². The Morgan fingerprint density at radius 2 is 1.80 bits per heavy atom. The number of halogens is 4. The van der Waals surface area contributed by atoms with Gasteiger partial charge in [-0.1, -0.05) is 23.7 Å². The summed E-state index contributed by atoms with van der Waals surface area (Å²) >= 11 is 5.87. The van der Waals surface area contributed by atoms with Crippen LogP contribution in [0.15, 0.2) is 48.5 Å². The average Bonchev–Trinajstić information content (AvgIpc) is 3.37. The van der Waals surface area contributed by atoms with Gasteiger partial charge < -0.3 is 15.2 Å². The van der Waals surface area contributed by atoms with E-state index >= 15 is 0 Å². The first-order valence-electron chi connectivity index (χ1n) is 7.88. The van der Waals surface area contributed by atoms with E-state index < -0.39 is 12.5 Å². The molecule has 134 valence electrons. The number of benzene rings is 2. The van der Waals surface area contributed by atoms with E-state index in [2.05, 4.69) is 10.1 Å². The minimum Gasteiger partial charge on any atom is -0.406 e. The van der Waals surface area contributed by atoms with Crippen LogP contribution in [0.3, 0.4) is 0 Å². The van der Waals surface area contributed by atoms with Crippen LogP contribution in [0.4, 0.5) is 18.9 Å². The van der Waals surface area contributed by atoms with Crippen molar-refractivity contribution in [2.45, 2.75) is 31.3 Å². The molecule has 0 bridgehead atoms. The van der Waals surface area contributed by atoms with Gasteiger partial charge in [-0.15, -0.1) is 13.2 Å². The fourth-order valence-electron chi connectivity index (χ4n) is 2.75. The van der Waals surface area contributed by atoms with Gasteiger partial charge in [-0.3, -0.25) is 0 Å². The zero-order chi connectivity index (χ0) is 18.0. The topological polar surface area (TPSA) is 41.5 Å². The molecule has 0 heterocycles. The maximum Gasteiger partial charge on any atom is 0.573 e. The number of anilines is 1. The van der Waals surface area contributed by atoms with E-state index in [4.69, 9.17) is 11.6 Å². The number of hydrogen-bond donors (Lipinski definition) is 2. The van der Waals surface area contributed by atoms with Gasteiger partial charge in [0.05, 0.1) is 12.1 Å². The van der Waals surface area contributed by atoms with Crippen molar-refractivity contribution in [2.75, 3.05) is 5.32 Å². The van der Waals surface area contributed by atoms with E-state index in [1.807, 2.05) is 0 Å². The van der Waals surface area contributed by atoms with Crippen molar-refractivity contribution in [1.29, 1.82) is 0 Å². The first-order chi connectivity index (χ1) is 11.8. The number of aliphatic hydroxyl groups excluding tert-OH is 1. The third kappa shape index (κ3) is 5.03. The van der Waals surface area contributed by atoms with E-state index in [0.29, 0.717) is 10.6 Å². The minimum atomic E-state index is -4.76. The monoisotopic (exact) mass is 371 g/mol. The van der Waals surface area contributed by atoms with Crippen LogP contribution in [-0.2, 0) is 0 Å². The molecule has 25 heavy (non-hydrogen) atoms. The van der Waals surface area contributed by atoms with Gasteiger partial charge in [0.15, 0.2) is 0 Å². The molecule has 1 fully saturated rings. The number of rotatable bonds is 6. The van der Waals surface area contributed by atoms with Crippen molar-refractivity contribution in [1.82, 2.24) is 0 Å². The van der Waals surface area contributed by atoms with Crippen LogP contribution in [-0.4, -0.2) is 17.5 Å². The van der Waals surface area contributed by atoms with Gasteiger partial charge in [0.2, 0.25) is 0 Å². The van der Waals surface area contributed by atoms with E-state index in [1.54, 1.807) is 30.3 Å². The first-order valence-corrected chi connectivity index (χ1v) is 8.25. The summed E-state index contributed by atoms with van der Waals surface area (Å²) in [7, 11) is 0. The second-order valence-corrected chi connectivity index (χ2v) is 6.52. The largest absolute Gasteiger partial charge is 0.573 e.